The second kappa shape index (κ2) is 8.50. The second-order valence-electron chi connectivity index (χ2n) is 6.62. The van der Waals surface area contributed by atoms with Gasteiger partial charge in [-0.1, -0.05) is 36.0 Å². The number of ether oxygens (including phenoxy) is 2. The molecular weight excluding hydrogens is 402 g/mol. The van der Waals surface area contributed by atoms with E-state index in [4.69, 9.17) is 15.3 Å². The van der Waals surface area contributed by atoms with Crippen LogP contribution in [0.2, 0.25) is 0 Å². The molecule has 0 unspecified atom stereocenters. The summed E-state index contributed by atoms with van der Waals surface area (Å²) < 4.78 is 12.2. The highest BCUT2D eigenvalue weighted by molar-refractivity contribution is 7.99. The number of nitrogens with two attached hydrogens (primary N) is 1. The maximum Gasteiger partial charge on any atom is 0.210 e. The zero-order valence-corrected chi connectivity index (χ0v) is 17.4. The number of carbonyl (C=O) groups excluding carboxylic acids is 1. The number of carbonyl (C=O) groups is 1. The van der Waals surface area contributed by atoms with Crippen molar-refractivity contribution in [1.82, 2.24) is 19.9 Å². The molecule has 0 saturated heterocycles. The molecule has 9 heteroatoms. The molecule has 0 aliphatic rings. The first-order chi connectivity index (χ1) is 14.6. The van der Waals surface area contributed by atoms with E-state index in [0.29, 0.717) is 28.0 Å². The quantitative estimate of drug-likeness (QED) is 0.254. The van der Waals surface area contributed by atoms with Crippen LogP contribution in [-0.2, 0) is 6.61 Å². The van der Waals surface area contributed by atoms with Crippen molar-refractivity contribution in [1.29, 1.82) is 0 Å². The fourth-order valence-corrected chi connectivity index (χ4v) is 3.93. The highest BCUT2D eigenvalue weighted by Crippen LogP contribution is 2.25. The number of rotatable bonds is 8. The van der Waals surface area contributed by atoms with Gasteiger partial charge in [0, 0.05) is 28.2 Å². The predicted molar refractivity (Wildman–Crippen MR) is 116 cm³/mol. The number of nitrogens with one attached hydrogen (secondary N) is 1. The Morgan fingerprint density at radius 2 is 1.97 bits per heavy atom. The van der Waals surface area contributed by atoms with Crippen molar-refractivity contribution in [3.8, 4) is 11.5 Å². The molecule has 0 aliphatic carbocycles. The van der Waals surface area contributed by atoms with Gasteiger partial charge in [0.15, 0.2) is 11.6 Å². The lowest BCUT2D eigenvalue weighted by molar-refractivity contribution is 0.102. The van der Waals surface area contributed by atoms with E-state index < -0.39 is 0 Å². The number of methoxy groups -OCH3 is 1. The number of nitrogens with zero attached hydrogens (tertiary/aromatic N) is 3. The molecule has 0 atom stereocenters. The minimum atomic E-state index is 0.00660. The number of Topliss-reactive ketones (excluding diaryl/α,β-unsaturated/α-hetero) is 1. The van der Waals surface area contributed by atoms with E-state index in [-0.39, 0.29) is 18.1 Å². The lowest BCUT2D eigenvalue weighted by atomic mass is 10.1. The van der Waals surface area contributed by atoms with E-state index in [1.54, 1.807) is 13.2 Å². The number of benzene rings is 2. The Kier molecular flexibility index (Phi) is 5.62. The number of thioether (sulfide) groups is 1. The Morgan fingerprint density at radius 3 is 2.80 bits per heavy atom. The number of nitrogen functional groups attached to an aromatic ring is 1. The van der Waals surface area contributed by atoms with Crippen molar-refractivity contribution < 1.29 is 14.3 Å². The molecular formula is C21H21N5O3S. The summed E-state index contributed by atoms with van der Waals surface area (Å²) in [6.45, 7) is 2.05. The van der Waals surface area contributed by atoms with Gasteiger partial charge in [-0.2, -0.15) is 0 Å². The molecule has 30 heavy (non-hydrogen) atoms. The standard InChI is InChI=1S/C21H21N5O3S/c1-13-20(16-8-3-4-9-17(16)23-13)18(27)12-30-21-25-24-19(26(21)22)11-29-15-7-5-6-14(10-15)28-2/h3-10,23H,11-12,22H2,1-2H3. The van der Waals surface area contributed by atoms with Crippen molar-refractivity contribution in [3.63, 3.8) is 0 Å². The van der Waals surface area contributed by atoms with Crippen LogP contribution in [0, 0.1) is 6.92 Å². The van der Waals surface area contributed by atoms with Crippen LogP contribution in [0.5, 0.6) is 11.5 Å². The zero-order chi connectivity index (χ0) is 21.1. The number of H-pyrrole nitrogens is 1. The minimum Gasteiger partial charge on any atom is -0.497 e. The predicted octanol–water partition coefficient (Wildman–Crippen LogP) is 3.34. The lowest BCUT2D eigenvalue weighted by Gasteiger charge is -2.07. The smallest absolute Gasteiger partial charge is 0.210 e. The van der Waals surface area contributed by atoms with Gasteiger partial charge in [-0.3, -0.25) is 4.79 Å². The van der Waals surface area contributed by atoms with Crippen LogP contribution in [0.4, 0.5) is 0 Å². The second-order valence-corrected chi connectivity index (χ2v) is 7.56. The van der Waals surface area contributed by atoms with Crippen LogP contribution in [0.15, 0.2) is 53.7 Å². The molecule has 2 heterocycles. The third-order valence-electron chi connectivity index (χ3n) is 4.65. The summed E-state index contributed by atoms with van der Waals surface area (Å²) in [5, 5.41) is 9.53. The van der Waals surface area contributed by atoms with Crippen molar-refractivity contribution in [2.75, 3.05) is 18.7 Å². The number of fused-ring (bicyclic) bond motifs is 1. The summed E-state index contributed by atoms with van der Waals surface area (Å²) in [6, 6.07) is 15.0. The van der Waals surface area contributed by atoms with Gasteiger partial charge in [0.1, 0.15) is 18.1 Å². The Labute approximate surface area is 177 Å². The highest BCUT2D eigenvalue weighted by Gasteiger charge is 2.18. The highest BCUT2D eigenvalue weighted by atomic mass is 32.2. The van der Waals surface area contributed by atoms with E-state index in [0.717, 1.165) is 16.6 Å². The number of aromatic amines is 1. The maximum atomic E-state index is 12.8. The molecule has 2 aromatic carbocycles. The van der Waals surface area contributed by atoms with Gasteiger partial charge in [-0.05, 0) is 25.1 Å². The van der Waals surface area contributed by atoms with Crippen LogP contribution >= 0.6 is 11.8 Å². The monoisotopic (exact) mass is 423 g/mol. The maximum absolute atomic E-state index is 12.8. The van der Waals surface area contributed by atoms with E-state index in [1.165, 1.54) is 16.4 Å². The van der Waals surface area contributed by atoms with Gasteiger partial charge in [-0.25, -0.2) is 4.68 Å². The number of para-hydroxylation sites is 1. The van der Waals surface area contributed by atoms with E-state index in [2.05, 4.69) is 15.2 Å². The summed E-state index contributed by atoms with van der Waals surface area (Å²) in [6.07, 6.45) is 0. The normalized spacial score (nSPS) is 11.0. The summed E-state index contributed by atoms with van der Waals surface area (Å²) >= 11 is 1.24. The summed E-state index contributed by atoms with van der Waals surface area (Å²) in [4.78, 5) is 16.1. The van der Waals surface area contributed by atoms with E-state index in [9.17, 15) is 4.79 Å². The molecule has 2 aromatic heterocycles. The molecule has 0 spiro atoms. The molecule has 8 nitrogen and oxygen atoms in total. The number of aryl methyl sites for hydroxylation is 1. The fraction of sp³-hybridized carbons (Fsp3) is 0.190. The molecule has 3 N–H and O–H groups in total. The number of aromatic nitrogens is 4. The Hall–Kier alpha value is -3.46. The topological polar surface area (TPSA) is 108 Å². The third kappa shape index (κ3) is 3.97. The minimum absolute atomic E-state index is 0.00660. The van der Waals surface area contributed by atoms with Gasteiger partial charge < -0.3 is 20.3 Å². The molecule has 0 saturated carbocycles. The van der Waals surface area contributed by atoms with Gasteiger partial charge in [0.05, 0.1) is 12.9 Å². The van der Waals surface area contributed by atoms with Crippen LogP contribution < -0.4 is 15.3 Å². The van der Waals surface area contributed by atoms with Crippen LogP contribution in [0.25, 0.3) is 10.9 Å². The van der Waals surface area contributed by atoms with Crippen molar-refractivity contribution in [3.05, 3.63) is 65.6 Å². The molecule has 0 bridgehead atoms. The van der Waals surface area contributed by atoms with Crippen molar-refractivity contribution >= 4 is 28.4 Å². The first-order valence-corrected chi connectivity index (χ1v) is 10.2. The average Bonchev–Trinajstić information content (AvgIpc) is 3.29. The average molecular weight is 423 g/mol. The Bertz CT molecular complexity index is 1200. The molecule has 154 valence electrons. The largest absolute Gasteiger partial charge is 0.497 e. The number of ketones is 1. The molecule has 0 amide bonds. The van der Waals surface area contributed by atoms with Gasteiger partial charge in [0.2, 0.25) is 5.16 Å². The van der Waals surface area contributed by atoms with Crippen LogP contribution in [-0.4, -0.2) is 38.5 Å². The van der Waals surface area contributed by atoms with E-state index >= 15 is 0 Å². The fourth-order valence-electron chi connectivity index (χ4n) is 3.18. The SMILES string of the molecule is COc1cccc(OCc2nnc(SCC(=O)c3c(C)[nH]c4ccccc34)n2N)c1. The number of hydrogen-bond donors (Lipinski definition) is 2. The van der Waals surface area contributed by atoms with Gasteiger partial charge >= 0.3 is 0 Å². The summed E-state index contributed by atoms with van der Waals surface area (Å²) in [5.41, 5.74) is 2.49. The molecule has 0 fully saturated rings. The zero-order valence-electron chi connectivity index (χ0n) is 16.6. The van der Waals surface area contributed by atoms with E-state index in [1.807, 2.05) is 49.4 Å². The Balaban J connectivity index is 1.41. The van der Waals surface area contributed by atoms with Gasteiger partial charge in [-0.15, -0.1) is 10.2 Å². The first-order valence-electron chi connectivity index (χ1n) is 9.26. The lowest BCUT2D eigenvalue weighted by Crippen LogP contribution is -2.16. The first kappa shape index (κ1) is 19.8. The summed E-state index contributed by atoms with van der Waals surface area (Å²) in [7, 11) is 1.60. The van der Waals surface area contributed by atoms with Crippen molar-refractivity contribution in [2.45, 2.75) is 18.7 Å². The third-order valence-corrected chi connectivity index (χ3v) is 5.59. The molecule has 0 aliphatic heterocycles. The van der Waals surface area contributed by atoms with Crippen LogP contribution in [0.3, 0.4) is 0 Å². The van der Waals surface area contributed by atoms with Gasteiger partial charge in [0.25, 0.3) is 0 Å². The number of hydrogen-bond acceptors (Lipinski definition) is 7. The van der Waals surface area contributed by atoms with Crippen LogP contribution in [0.1, 0.15) is 21.9 Å². The molecule has 4 aromatic rings. The molecule has 0 radical (unpaired) electrons. The summed E-state index contributed by atoms with van der Waals surface area (Å²) in [5.74, 6) is 8.10. The Morgan fingerprint density at radius 1 is 1.17 bits per heavy atom. The molecule has 4 rings (SSSR count). The van der Waals surface area contributed by atoms with Crippen molar-refractivity contribution in [2.24, 2.45) is 0 Å².